The SMILES string of the molecule is CCCCCCCCCCCC[N+](CCO)(CCO)CCCCCC[N+](CCO)(CCO)CCCCCCCCCCCC. The number of aliphatic hydroxyl groups excluding tert-OH is 4. The monoisotopic (exact) mass is 631 g/mol. The van der Waals surface area contributed by atoms with Gasteiger partial charge in [0, 0.05) is 0 Å². The summed E-state index contributed by atoms with van der Waals surface area (Å²) in [6.45, 7) is 12.6. The molecule has 0 aliphatic rings. The summed E-state index contributed by atoms with van der Waals surface area (Å²) < 4.78 is 1.72. The smallest absolute Gasteiger partial charge is 0.102 e. The predicted molar refractivity (Wildman–Crippen MR) is 190 cm³/mol. The van der Waals surface area contributed by atoms with Gasteiger partial charge in [0.05, 0.1) is 52.6 Å². The molecule has 0 bridgehead atoms. The van der Waals surface area contributed by atoms with Crippen molar-refractivity contribution in [3.8, 4) is 0 Å². The summed E-state index contributed by atoms with van der Waals surface area (Å²) in [6, 6.07) is 0. The molecule has 0 atom stereocenters. The lowest BCUT2D eigenvalue weighted by molar-refractivity contribution is -0.929. The summed E-state index contributed by atoms with van der Waals surface area (Å²) in [6.07, 6.45) is 31.3. The molecule has 0 aliphatic heterocycles. The second-order valence-corrected chi connectivity index (χ2v) is 14.1. The molecule has 0 saturated carbocycles. The van der Waals surface area contributed by atoms with Gasteiger partial charge in [0.15, 0.2) is 0 Å². The van der Waals surface area contributed by atoms with Gasteiger partial charge in [-0.05, 0) is 51.4 Å². The number of aliphatic hydroxyl groups is 4. The van der Waals surface area contributed by atoms with Gasteiger partial charge in [-0.25, -0.2) is 0 Å². The van der Waals surface area contributed by atoms with Gasteiger partial charge in [0.25, 0.3) is 0 Å². The lowest BCUT2D eigenvalue weighted by atomic mass is 10.1. The molecule has 0 saturated heterocycles. The number of hydrogen-bond acceptors (Lipinski definition) is 4. The molecule has 0 aliphatic carbocycles. The summed E-state index contributed by atoms with van der Waals surface area (Å²) in [5.41, 5.74) is 0. The topological polar surface area (TPSA) is 80.9 Å². The Hall–Kier alpha value is -0.240. The average Bonchev–Trinajstić information content (AvgIpc) is 3.01. The second kappa shape index (κ2) is 32.7. The van der Waals surface area contributed by atoms with Gasteiger partial charge in [-0.1, -0.05) is 117 Å². The maximum Gasteiger partial charge on any atom is 0.102 e. The normalized spacial score (nSPS) is 12.4. The summed E-state index contributed by atoms with van der Waals surface area (Å²) in [4.78, 5) is 0. The molecule has 6 heteroatoms. The summed E-state index contributed by atoms with van der Waals surface area (Å²) in [7, 11) is 0. The Labute approximate surface area is 275 Å². The molecular weight excluding hydrogens is 548 g/mol. The average molecular weight is 631 g/mol. The molecule has 6 nitrogen and oxygen atoms in total. The van der Waals surface area contributed by atoms with Crippen LogP contribution < -0.4 is 0 Å². The van der Waals surface area contributed by atoms with E-state index in [1.807, 2.05) is 0 Å². The standard InChI is InChI=1S/C38H82N2O4/c1-3-5-7-9-11-13-15-17-19-23-27-39(31-35-41,32-36-42)29-25-21-22-26-30-40(33-37-43,34-38-44)28-24-20-18-16-14-12-10-8-6-4-2/h41-44H,3-38H2,1-2H3/q+2. The number of unbranched alkanes of at least 4 members (excludes halogenated alkanes) is 21. The minimum atomic E-state index is 0.193. The van der Waals surface area contributed by atoms with Crippen LogP contribution in [0.2, 0.25) is 0 Å². The zero-order chi connectivity index (χ0) is 32.5. The number of quaternary nitrogens is 2. The van der Waals surface area contributed by atoms with E-state index in [9.17, 15) is 20.4 Å². The van der Waals surface area contributed by atoms with E-state index in [1.54, 1.807) is 0 Å². The van der Waals surface area contributed by atoms with Crippen molar-refractivity contribution in [1.29, 1.82) is 0 Å². The van der Waals surface area contributed by atoms with Crippen LogP contribution in [0.4, 0.5) is 0 Å². The first-order chi connectivity index (χ1) is 21.6. The fraction of sp³-hybridized carbons (Fsp3) is 1.00. The first-order valence-electron chi connectivity index (χ1n) is 19.7. The van der Waals surface area contributed by atoms with Crippen molar-refractivity contribution in [2.75, 3.05) is 78.8 Å². The molecule has 0 rings (SSSR count). The summed E-state index contributed by atoms with van der Waals surface area (Å²) in [5, 5.41) is 39.4. The van der Waals surface area contributed by atoms with Gasteiger partial charge in [-0.15, -0.1) is 0 Å². The molecule has 4 N–H and O–H groups in total. The van der Waals surface area contributed by atoms with Crippen LogP contribution in [-0.4, -0.2) is 108 Å². The van der Waals surface area contributed by atoms with Crippen LogP contribution in [0, 0.1) is 0 Å². The first kappa shape index (κ1) is 43.8. The van der Waals surface area contributed by atoms with Gasteiger partial charge in [-0.2, -0.15) is 0 Å². The van der Waals surface area contributed by atoms with Crippen LogP contribution >= 0.6 is 0 Å². The van der Waals surface area contributed by atoms with Crippen molar-refractivity contribution in [3.63, 3.8) is 0 Å². The van der Waals surface area contributed by atoms with Crippen LogP contribution in [0.25, 0.3) is 0 Å². The van der Waals surface area contributed by atoms with Gasteiger partial charge in [0.2, 0.25) is 0 Å². The third-order valence-corrected chi connectivity index (χ3v) is 10.3. The Balaban J connectivity index is 4.43. The van der Waals surface area contributed by atoms with Gasteiger partial charge < -0.3 is 29.4 Å². The Kier molecular flexibility index (Phi) is 32.5. The highest BCUT2D eigenvalue weighted by Crippen LogP contribution is 2.18. The predicted octanol–water partition coefficient (Wildman–Crippen LogP) is 7.99. The van der Waals surface area contributed by atoms with Crippen LogP contribution in [-0.2, 0) is 0 Å². The van der Waals surface area contributed by atoms with Crippen LogP contribution in [0.3, 0.4) is 0 Å². The Bertz CT molecular complexity index is 503. The fourth-order valence-electron chi connectivity index (χ4n) is 7.31. The molecule has 0 radical (unpaired) electrons. The van der Waals surface area contributed by atoms with E-state index in [-0.39, 0.29) is 26.4 Å². The third kappa shape index (κ3) is 24.9. The summed E-state index contributed by atoms with van der Waals surface area (Å²) in [5.74, 6) is 0. The van der Waals surface area contributed by atoms with Crippen molar-refractivity contribution >= 4 is 0 Å². The lowest BCUT2D eigenvalue weighted by Gasteiger charge is -2.39. The number of rotatable bonds is 37. The highest BCUT2D eigenvalue weighted by atomic mass is 16.3. The van der Waals surface area contributed by atoms with Gasteiger partial charge >= 0.3 is 0 Å². The molecule has 266 valence electrons. The van der Waals surface area contributed by atoms with E-state index in [1.165, 1.54) is 141 Å². The summed E-state index contributed by atoms with van der Waals surface area (Å²) >= 11 is 0. The quantitative estimate of drug-likeness (QED) is 0.0414. The van der Waals surface area contributed by atoms with E-state index >= 15 is 0 Å². The minimum Gasteiger partial charge on any atom is -0.391 e. The van der Waals surface area contributed by atoms with Crippen LogP contribution in [0.1, 0.15) is 168 Å². The molecule has 44 heavy (non-hydrogen) atoms. The molecule has 0 fully saturated rings. The fourth-order valence-corrected chi connectivity index (χ4v) is 7.31. The molecule has 0 heterocycles. The van der Waals surface area contributed by atoms with Crippen LogP contribution in [0.5, 0.6) is 0 Å². The maximum absolute atomic E-state index is 9.85. The first-order valence-corrected chi connectivity index (χ1v) is 19.7. The van der Waals surface area contributed by atoms with Gasteiger partial charge in [0.1, 0.15) is 26.2 Å². The molecule has 0 aromatic heterocycles. The van der Waals surface area contributed by atoms with E-state index < -0.39 is 0 Å². The van der Waals surface area contributed by atoms with E-state index in [0.29, 0.717) is 0 Å². The molecular formula is C38H82N2O4+2. The van der Waals surface area contributed by atoms with Crippen LogP contribution in [0.15, 0.2) is 0 Å². The van der Waals surface area contributed by atoms with Crippen molar-refractivity contribution in [3.05, 3.63) is 0 Å². The van der Waals surface area contributed by atoms with Crippen molar-refractivity contribution < 1.29 is 29.4 Å². The molecule has 0 aromatic rings. The highest BCUT2D eigenvalue weighted by molar-refractivity contribution is 4.55. The minimum absolute atomic E-state index is 0.193. The maximum atomic E-state index is 9.85. The number of hydrogen-bond donors (Lipinski definition) is 4. The van der Waals surface area contributed by atoms with Crippen molar-refractivity contribution in [1.82, 2.24) is 0 Å². The molecule has 0 aromatic carbocycles. The molecule has 0 amide bonds. The van der Waals surface area contributed by atoms with E-state index in [2.05, 4.69) is 13.8 Å². The lowest BCUT2D eigenvalue weighted by Crippen LogP contribution is -2.53. The molecule has 0 unspecified atom stereocenters. The van der Waals surface area contributed by atoms with E-state index in [0.717, 1.165) is 74.2 Å². The zero-order valence-electron chi connectivity index (χ0n) is 30.1. The largest absolute Gasteiger partial charge is 0.391 e. The second-order valence-electron chi connectivity index (χ2n) is 14.1. The zero-order valence-corrected chi connectivity index (χ0v) is 30.1. The van der Waals surface area contributed by atoms with Crippen molar-refractivity contribution in [2.24, 2.45) is 0 Å². The van der Waals surface area contributed by atoms with E-state index in [4.69, 9.17) is 0 Å². The Morgan fingerprint density at radius 2 is 0.432 bits per heavy atom. The Morgan fingerprint density at radius 1 is 0.250 bits per heavy atom. The highest BCUT2D eigenvalue weighted by Gasteiger charge is 2.27. The van der Waals surface area contributed by atoms with Gasteiger partial charge in [-0.3, -0.25) is 0 Å². The number of nitrogens with zero attached hydrogens (tertiary/aromatic N) is 2. The molecule has 0 spiro atoms. The third-order valence-electron chi connectivity index (χ3n) is 10.3. The Morgan fingerprint density at radius 3 is 0.614 bits per heavy atom. The van der Waals surface area contributed by atoms with Crippen molar-refractivity contribution in [2.45, 2.75) is 168 Å².